The van der Waals surface area contributed by atoms with Crippen LogP contribution >= 0.6 is 0 Å². The lowest BCUT2D eigenvalue weighted by molar-refractivity contribution is -0.117. The molecule has 0 bridgehead atoms. The maximum absolute atomic E-state index is 12.4. The second-order valence-corrected chi connectivity index (χ2v) is 6.56. The van der Waals surface area contributed by atoms with Crippen molar-refractivity contribution in [1.29, 1.82) is 0 Å². The van der Waals surface area contributed by atoms with Gasteiger partial charge in [-0.15, -0.1) is 0 Å². The minimum atomic E-state index is -0.112. The number of aliphatic hydroxyl groups is 1. The molecule has 1 aliphatic heterocycles. The molecule has 24 heavy (non-hydrogen) atoms. The van der Waals surface area contributed by atoms with Crippen molar-refractivity contribution < 1.29 is 14.7 Å². The molecule has 2 rings (SSSR count). The number of rotatable bonds is 8. The van der Waals surface area contributed by atoms with E-state index >= 15 is 0 Å². The third-order valence-corrected chi connectivity index (χ3v) is 5.28. The van der Waals surface area contributed by atoms with E-state index in [0.29, 0.717) is 24.9 Å². The van der Waals surface area contributed by atoms with Crippen molar-refractivity contribution >= 4 is 17.5 Å². The zero-order valence-corrected chi connectivity index (χ0v) is 14.7. The fourth-order valence-electron chi connectivity index (χ4n) is 3.26. The maximum Gasteiger partial charge on any atom is 0.251 e. The van der Waals surface area contributed by atoms with Gasteiger partial charge in [-0.1, -0.05) is 13.8 Å². The zero-order chi connectivity index (χ0) is 17.6. The smallest absolute Gasteiger partial charge is 0.251 e. The number of nitrogens with zero attached hydrogens (tertiary/aromatic N) is 1. The van der Waals surface area contributed by atoms with Gasteiger partial charge < -0.3 is 15.3 Å². The lowest BCUT2D eigenvalue weighted by Gasteiger charge is -2.31. The van der Waals surface area contributed by atoms with Gasteiger partial charge in [-0.05, 0) is 55.4 Å². The quantitative estimate of drug-likeness (QED) is 0.769. The van der Waals surface area contributed by atoms with Crippen LogP contribution in [-0.4, -0.2) is 36.6 Å². The summed E-state index contributed by atoms with van der Waals surface area (Å²) in [5.41, 5.74) is 1.40. The lowest BCUT2D eigenvalue weighted by atomic mass is 9.79. The average molecular weight is 332 g/mol. The number of nitrogens with one attached hydrogen (secondary N) is 1. The number of hydrogen-bond acceptors (Lipinski definition) is 3. The molecule has 1 aromatic carbocycles. The van der Waals surface area contributed by atoms with Gasteiger partial charge in [0.25, 0.3) is 5.91 Å². The topological polar surface area (TPSA) is 69.6 Å². The standard InChI is InChI=1S/C19H28N2O3/c1-3-19(4-2,11-13-22)14-20-18(24)15-7-9-16(10-8-15)21-12-5-6-17(21)23/h7-10,22H,3-6,11-14H2,1-2H3,(H,20,24). The minimum Gasteiger partial charge on any atom is -0.396 e. The summed E-state index contributed by atoms with van der Waals surface area (Å²) in [4.78, 5) is 25.9. The number of amides is 2. The first-order valence-electron chi connectivity index (χ1n) is 8.84. The molecule has 1 aromatic rings. The Hall–Kier alpha value is -1.88. The van der Waals surface area contributed by atoms with Crippen molar-refractivity contribution in [1.82, 2.24) is 5.32 Å². The number of carbonyl (C=O) groups excluding carboxylic acids is 2. The SMILES string of the molecule is CCC(CC)(CCO)CNC(=O)c1ccc(N2CCCC2=O)cc1. The van der Waals surface area contributed by atoms with Gasteiger partial charge in [-0.3, -0.25) is 9.59 Å². The molecule has 2 N–H and O–H groups in total. The molecule has 0 atom stereocenters. The summed E-state index contributed by atoms with van der Waals surface area (Å²) in [6, 6.07) is 7.20. The van der Waals surface area contributed by atoms with Crippen LogP contribution in [0.4, 0.5) is 5.69 Å². The van der Waals surface area contributed by atoms with Gasteiger partial charge in [0.1, 0.15) is 0 Å². The van der Waals surface area contributed by atoms with Crippen LogP contribution in [0.1, 0.15) is 56.3 Å². The fraction of sp³-hybridized carbons (Fsp3) is 0.579. The second-order valence-electron chi connectivity index (χ2n) is 6.56. The average Bonchev–Trinajstić information content (AvgIpc) is 3.04. The summed E-state index contributed by atoms with van der Waals surface area (Å²) >= 11 is 0. The largest absolute Gasteiger partial charge is 0.396 e. The summed E-state index contributed by atoms with van der Waals surface area (Å²) in [7, 11) is 0. The highest BCUT2D eigenvalue weighted by Crippen LogP contribution is 2.29. The molecule has 1 fully saturated rings. The predicted octanol–water partition coefficient (Wildman–Crippen LogP) is 2.73. The van der Waals surface area contributed by atoms with E-state index in [2.05, 4.69) is 19.2 Å². The summed E-state index contributed by atoms with van der Waals surface area (Å²) in [6.07, 6.45) is 4.02. The Morgan fingerprint density at radius 2 is 1.92 bits per heavy atom. The van der Waals surface area contributed by atoms with Crippen molar-refractivity contribution in [3.8, 4) is 0 Å². The first-order valence-corrected chi connectivity index (χ1v) is 8.84. The molecular weight excluding hydrogens is 304 g/mol. The molecule has 0 unspecified atom stereocenters. The molecule has 0 aliphatic carbocycles. The van der Waals surface area contributed by atoms with Gasteiger partial charge in [-0.2, -0.15) is 0 Å². The van der Waals surface area contributed by atoms with Crippen LogP contribution in [0, 0.1) is 5.41 Å². The first-order chi connectivity index (χ1) is 11.5. The van der Waals surface area contributed by atoms with Gasteiger partial charge in [0.05, 0.1) is 0 Å². The summed E-state index contributed by atoms with van der Waals surface area (Å²) in [5, 5.41) is 12.3. The second kappa shape index (κ2) is 8.29. The Morgan fingerprint density at radius 1 is 1.25 bits per heavy atom. The molecule has 5 heteroatoms. The van der Waals surface area contributed by atoms with E-state index < -0.39 is 0 Å². The first kappa shape index (κ1) is 18.5. The van der Waals surface area contributed by atoms with Crippen molar-refractivity contribution in [2.75, 3.05) is 24.6 Å². The van der Waals surface area contributed by atoms with Crippen LogP contribution in [0.15, 0.2) is 24.3 Å². The minimum absolute atomic E-state index is 0.0493. The highest BCUT2D eigenvalue weighted by atomic mass is 16.3. The van der Waals surface area contributed by atoms with E-state index in [1.165, 1.54) is 0 Å². The van der Waals surface area contributed by atoms with Crippen LogP contribution in [0.25, 0.3) is 0 Å². The third kappa shape index (κ3) is 4.15. The Balaban J connectivity index is 1.98. The van der Waals surface area contributed by atoms with Crippen molar-refractivity contribution in [3.05, 3.63) is 29.8 Å². The number of hydrogen-bond donors (Lipinski definition) is 2. The van der Waals surface area contributed by atoms with E-state index in [4.69, 9.17) is 0 Å². The normalized spacial score (nSPS) is 15.0. The zero-order valence-electron chi connectivity index (χ0n) is 14.7. The Kier molecular flexibility index (Phi) is 6.37. The number of carbonyl (C=O) groups is 2. The molecular formula is C19H28N2O3. The van der Waals surface area contributed by atoms with Crippen LogP contribution in [0.3, 0.4) is 0 Å². The Morgan fingerprint density at radius 3 is 2.42 bits per heavy atom. The Labute approximate surface area is 144 Å². The van der Waals surface area contributed by atoms with E-state index in [9.17, 15) is 14.7 Å². The molecule has 0 spiro atoms. The molecule has 132 valence electrons. The maximum atomic E-state index is 12.4. The summed E-state index contributed by atoms with van der Waals surface area (Å²) in [5.74, 6) is 0.0328. The molecule has 2 amide bonds. The van der Waals surface area contributed by atoms with Gasteiger partial charge in [-0.25, -0.2) is 0 Å². The highest BCUT2D eigenvalue weighted by molar-refractivity contribution is 5.97. The number of anilines is 1. The van der Waals surface area contributed by atoms with Gasteiger partial charge >= 0.3 is 0 Å². The van der Waals surface area contributed by atoms with Crippen LogP contribution in [0.2, 0.25) is 0 Å². The predicted molar refractivity (Wildman–Crippen MR) is 95.1 cm³/mol. The van der Waals surface area contributed by atoms with Crippen LogP contribution < -0.4 is 10.2 Å². The van der Waals surface area contributed by atoms with E-state index in [1.807, 2.05) is 12.1 Å². The molecule has 1 saturated heterocycles. The number of aliphatic hydroxyl groups excluding tert-OH is 1. The fourth-order valence-corrected chi connectivity index (χ4v) is 3.26. The molecule has 0 saturated carbocycles. The molecule has 1 heterocycles. The van der Waals surface area contributed by atoms with E-state index in [0.717, 1.165) is 31.5 Å². The highest BCUT2D eigenvalue weighted by Gasteiger charge is 2.26. The van der Waals surface area contributed by atoms with Crippen molar-refractivity contribution in [2.24, 2.45) is 5.41 Å². The van der Waals surface area contributed by atoms with Gasteiger partial charge in [0.15, 0.2) is 0 Å². The van der Waals surface area contributed by atoms with Gasteiger partial charge in [0.2, 0.25) is 5.91 Å². The summed E-state index contributed by atoms with van der Waals surface area (Å²) in [6.45, 7) is 5.63. The van der Waals surface area contributed by atoms with Crippen LogP contribution in [0.5, 0.6) is 0 Å². The molecule has 0 radical (unpaired) electrons. The van der Waals surface area contributed by atoms with Gasteiger partial charge in [0, 0.05) is 37.4 Å². The van der Waals surface area contributed by atoms with Crippen LogP contribution in [-0.2, 0) is 4.79 Å². The van der Waals surface area contributed by atoms with Crippen molar-refractivity contribution in [3.63, 3.8) is 0 Å². The van der Waals surface area contributed by atoms with E-state index in [1.54, 1.807) is 17.0 Å². The number of benzene rings is 1. The third-order valence-electron chi connectivity index (χ3n) is 5.28. The molecule has 1 aliphatic rings. The molecule has 0 aromatic heterocycles. The molecule has 5 nitrogen and oxygen atoms in total. The summed E-state index contributed by atoms with van der Waals surface area (Å²) < 4.78 is 0. The van der Waals surface area contributed by atoms with E-state index in [-0.39, 0.29) is 23.8 Å². The Bertz CT molecular complexity index is 564. The monoisotopic (exact) mass is 332 g/mol. The lowest BCUT2D eigenvalue weighted by Crippen LogP contribution is -2.37. The van der Waals surface area contributed by atoms with Crippen molar-refractivity contribution in [2.45, 2.75) is 46.0 Å².